The van der Waals surface area contributed by atoms with Crippen LogP contribution in [0.2, 0.25) is 0 Å². The number of aromatic amines is 1. The van der Waals surface area contributed by atoms with E-state index in [1.54, 1.807) is 24.3 Å². The fourth-order valence-electron chi connectivity index (χ4n) is 2.06. The Morgan fingerprint density at radius 1 is 1.18 bits per heavy atom. The molecule has 0 atom stereocenters. The molecule has 0 spiro atoms. The maximum absolute atomic E-state index is 13.2. The molecule has 0 aliphatic rings. The second-order valence-corrected chi connectivity index (χ2v) is 4.95. The molecule has 22 heavy (non-hydrogen) atoms. The van der Waals surface area contributed by atoms with Gasteiger partial charge in [0, 0.05) is 5.56 Å². The lowest BCUT2D eigenvalue weighted by Gasteiger charge is -2.09. The van der Waals surface area contributed by atoms with Gasteiger partial charge in [0.05, 0.1) is 10.9 Å². The van der Waals surface area contributed by atoms with Gasteiger partial charge in [0.1, 0.15) is 5.82 Å². The number of H-pyrrole nitrogens is 1. The lowest BCUT2D eigenvalue weighted by Crippen LogP contribution is -2.34. The van der Waals surface area contributed by atoms with E-state index in [0.29, 0.717) is 10.9 Å². The summed E-state index contributed by atoms with van der Waals surface area (Å²) in [5.41, 5.74) is 2.59. The standard InChI is InChI=1S/C15H10FN3O2S/c16-10-5-3-4-9(8-10)13(20)18-19-14(21)11-6-1-2-7-12(11)17-15(19)22/h1-8H,(H,17,22)(H,18,20). The Balaban J connectivity index is 2.06. The molecule has 3 aromatic rings. The van der Waals surface area contributed by atoms with Crippen molar-refractivity contribution in [2.75, 3.05) is 5.43 Å². The minimum absolute atomic E-state index is 0.0495. The molecule has 0 aliphatic heterocycles. The van der Waals surface area contributed by atoms with E-state index in [-0.39, 0.29) is 10.3 Å². The van der Waals surface area contributed by atoms with Crippen molar-refractivity contribution >= 4 is 29.0 Å². The third kappa shape index (κ3) is 2.53. The van der Waals surface area contributed by atoms with Crippen LogP contribution in [0, 0.1) is 10.6 Å². The molecule has 1 heterocycles. The second-order valence-electron chi connectivity index (χ2n) is 4.57. The van der Waals surface area contributed by atoms with Gasteiger partial charge >= 0.3 is 0 Å². The van der Waals surface area contributed by atoms with Gasteiger partial charge in [-0.15, -0.1) is 0 Å². The largest absolute Gasteiger partial charge is 0.330 e. The molecule has 0 fully saturated rings. The summed E-state index contributed by atoms with van der Waals surface area (Å²) in [4.78, 5) is 27.3. The minimum atomic E-state index is -0.628. The monoisotopic (exact) mass is 315 g/mol. The molecule has 0 unspecified atom stereocenters. The first-order chi connectivity index (χ1) is 10.6. The van der Waals surface area contributed by atoms with Gasteiger partial charge in [-0.3, -0.25) is 15.0 Å². The molecule has 0 bridgehead atoms. The molecular weight excluding hydrogens is 305 g/mol. The average Bonchev–Trinajstić information content (AvgIpc) is 2.51. The number of para-hydroxylation sites is 1. The van der Waals surface area contributed by atoms with Crippen LogP contribution >= 0.6 is 12.2 Å². The maximum atomic E-state index is 13.2. The van der Waals surface area contributed by atoms with Gasteiger partial charge in [-0.1, -0.05) is 18.2 Å². The van der Waals surface area contributed by atoms with E-state index in [2.05, 4.69) is 10.4 Å². The minimum Gasteiger partial charge on any atom is -0.330 e. The van der Waals surface area contributed by atoms with Crippen molar-refractivity contribution in [3.63, 3.8) is 0 Å². The molecule has 2 aromatic carbocycles. The smallest absolute Gasteiger partial charge is 0.281 e. The number of fused-ring (bicyclic) bond motifs is 1. The van der Waals surface area contributed by atoms with Crippen molar-refractivity contribution in [2.45, 2.75) is 0 Å². The number of nitrogens with zero attached hydrogens (tertiary/aromatic N) is 1. The number of carbonyl (C=O) groups excluding carboxylic acids is 1. The molecule has 0 saturated carbocycles. The number of carbonyl (C=O) groups is 1. The lowest BCUT2D eigenvalue weighted by atomic mass is 10.2. The SMILES string of the molecule is O=C(Nn1c(=S)[nH]c2ccccc2c1=O)c1cccc(F)c1. The fraction of sp³-hybridized carbons (Fsp3) is 0. The summed E-state index contributed by atoms with van der Waals surface area (Å²) in [5.74, 6) is -1.17. The number of rotatable bonds is 2. The Morgan fingerprint density at radius 3 is 2.73 bits per heavy atom. The summed E-state index contributed by atoms with van der Waals surface area (Å²) in [5, 5.41) is 0.385. The van der Waals surface area contributed by atoms with Gasteiger partial charge in [-0.05, 0) is 42.5 Å². The first-order valence-corrected chi connectivity index (χ1v) is 6.78. The predicted molar refractivity (Wildman–Crippen MR) is 83.5 cm³/mol. The molecule has 110 valence electrons. The van der Waals surface area contributed by atoms with Crippen molar-refractivity contribution in [1.82, 2.24) is 9.66 Å². The number of benzene rings is 2. The summed E-state index contributed by atoms with van der Waals surface area (Å²) in [6.45, 7) is 0. The number of amides is 1. The van der Waals surface area contributed by atoms with Crippen molar-refractivity contribution in [3.05, 3.63) is 75.0 Å². The highest BCUT2D eigenvalue weighted by Crippen LogP contribution is 2.06. The highest BCUT2D eigenvalue weighted by Gasteiger charge is 2.10. The molecule has 5 nitrogen and oxygen atoms in total. The van der Waals surface area contributed by atoms with Crippen molar-refractivity contribution in [1.29, 1.82) is 0 Å². The molecule has 1 amide bonds. The predicted octanol–water partition coefficient (Wildman–Crippen LogP) is 2.58. The van der Waals surface area contributed by atoms with Crippen LogP contribution in [-0.4, -0.2) is 15.6 Å². The van der Waals surface area contributed by atoms with E-state index in [1.165, 1.54) is 18.2 Å². The first kappa shape index (κ1) is 14.2. The molecule has 0 aliphatic carbocycles. The fourth-order valence-corrected chi connectivity index (χ4v) is 2.30. The van der Waals surface area contributed by atoms with E-state index >= 15 is 0 Å². The van der Waals surface area contributed by atoms with E-state index < -0.39 is 17.3 Å². The lowest BCUT2D eigenvalue weighted by molar-refractivity contribution is 0.101. The van der Waals surface area contributed by atoms with Crippen LogP contribution in [0.25, 0.3) is 10.9 Å². The molecule has 0 radical (unpaired) electrons. The Bertz CT molecular complexity index is 994. The first-order valence-electron chi connectivity index (χ1n) is 6.37. The Kier molecular flexibility index (Phi) is 3.56. The van der Waals surface area contributed by atoms with Crippen molar-refractivity contribution in [3.8, 4) is 0 Å². The van der Waals surface area contributed by atoms with Crippen molar-refractivity contribution < 1.29 is 9.18 Å². The number of aromatic nitrogens is 2. The second kappa shape index (κ2) is 5.53. The van der Waals surface area contributed by atoms with E-state index in [9.17, 15) is 14.0 Å². The van der Waals surface area contributed by atoms with Gasteiger partial charge in [-0.25, -0.2) is 4.39 Å². The van der Waals surface area contributed by atoms with Crippen LogP contribution in [0.1, 0.15) is 10.4 Å². The van der Waals surface area contributed by atoms with Gasteiger partial charge in [0.25, 0.3) is 11.5 Å². The number of hydrogen-bond acceptors (Lipinski definition) is 3. The van der Waals surface area contributed by atoms with Crippen molar-refractivity contribution in [2.24, 2.45) is 0 Å². The van der Waals surface area contributed by atoms with Crippen LogP contribution < -0.4 is 11.0 Å². The van der Waals surface area contributed by atoms with Crippen LogP contribution in [-0.2, 0) is 0 Å². The normalized spacial score (nSPS) is 10.6. The zero-order valence-electron chi connectivity index (χ0n) is 11.2. The Labute approximate surface area is 129 Å². The topological polar surface area (TPSA) is 66.9 Å². The van der Waals surface area contributed by atoms with E-state index in [1.807, 2.05) is 0 Å². The summed E-state index contributed by atoms with van der Waals surface area (Å²) in [7, 11) is 0. The quantitative estimate of drug-likeness (QED) is 0.714. The summed E-state index contributed by atoms with van der Waals surface area (Å²) < 4.78 is 14.1. The van der Waals surface area contributed by atoms with Gasteiger partial charge < -0.3 is 4.98 Å². The highest BCUT2D eigenvalue weighted by molar-refractivity contribution is 7.71. The van der Waals surface area contributed by atoms with Crippen LogP contribution in [0.15, 0.2) is 53.3 Å². The Hall–Kier alpha value is -2.80. The zero-order valence-corrected chi connectivity index (χ0v) is 12.0. The third-order valence-corrected chi connectivity index (χ3v) is 3.39. The highest BCUT2D eigenvalue weighted by atomic mass is 32.1. The van der Waals surface area contributed by atoms with E-state index in [4.69, 9.17) is 12.2 Å². The summed E-state index contributed by atoms with van der Waals surface area (Å²) in [6, 6.07) is 12.0. The molecule has 2 N–H and O–H groups in total. The average molecular weight is 315 g/mol. The van der Waals surface area contributed by atoms with Crippen LogP contribution in [0.4, 0.5) is 4.39 Å². The number of hydrogen-bond donors (Lipinski definition) is 2. The number of halogens is 1. The van der Waals surface area contributed by atoms with E-state index in [0.717, 1.165) is 10.7 Å². The van der Waals surface area contributed by atoms with Crippen LogP contribution in [0.5, 0.6) is 0 Å². The molecule has 1 aromatic heterocycles. The Morgan fingerprint density at radius 2 is 1.95 bits per heavy atom. The van der Waals surface area contributed by atoms with Crippen LogP contribution in [0.3, 0.4) is 0 Å². The third-order valence-electron chi connectivity index (χ3n) is 3.11. The molecule has 3 rings (SSSR count). The zero-order chi connectivity index (χ0) is 15.7. The number of nitrogens with one attached hydrogen (secondary N) is 2. The van der Waals surface area contributed by atoms with Gasteiger partial charge in [-0.2, -0.15) is 4.68 Å². The van der Waals surface area contributed by atoms with Gasteiger partial charge in [0.15, 0.2) is 4.77 Å². The summed E-state index contributed by atoms with van der Waals surface area (Å²) >= 11 is 5.08. The van der Waals surface area contributed by atoms with Gasteiger partial charge in [0.2, 0.25) is 0 Å². The summed E-state index contributed by atoms with van der Waals surface area (Å²) in [6.07, 6.45) is 0. The molecular formula is C15H10FN3O2S. The molecule has 0 saturated heterocycles. The molecule has 7 heteroatoms. The maximum Gasteiger partial charge on any atom is 0.281 e.